The van der Waals surface area contributed by atoms with E-state index in [1.807, 2.05) is 6.92 Å². The Morgan fingerprint density at radius 1 is 1.44 bits per heavy atom. The largest absolute Gasteiger partial charge is 0.330 e. The summed E-state index contributed by atoms with van der Waals surface area (Å²) in [6.07, 6.45) is 6.46. The molecule has 0 spiro atoms. The number of amides is 1. The fraction of sp³-hybridized carbons (Fsp3) is 0.833. The second-order valence-electron chi connectivity index (χ2n) is 4.85. The van der Waals surface area contributed by atoms with E-state index in [9.17, 15) is 4.79 Å². The van der Waals surface area contributed by atoms with Gasteiger partial charge in [0.25, 0.3) is 5.91 Å². The van der Waals surface area contributed by atoms with Crippen molar-refractivity contribution in [3.63, 3.8) is 0 Å². The van der Waals surface area contributed by atoms with E-state index in [-0.39, 0.29) is 11.8 Å². The van der Waals surface area contributed by atoms with Gasteiger partial charge in [0.05, 0.1) is 12.0 Å². The van der Waals surface area contributed by atoms with Crippen LogP contribution in [0, 0.1) is 5.92 Å². The van der Waals surface area contributed by atoms with Crippen LogP contribution in [0.5, 0.6) is 0 Å². The first-order valence-electron chi connectivity index (χ1n) is 6.32. The summed E-state index contributed by atoms with van der Waals surface area (Å²) in [6, 6.07) is 0.366. The predicted octanol–water partition coefficient (Wildman–Crippen LogP) is 1.50. The highest BCUT2D eigenvalue weighted by Gasteiger charge is 2.37. The molecule has 1 heterocycles. The summed E-state index contributed by atoms with van der Waals surface area (Å²) in [7, 11) is 0. The van der Waals surface area contributed by atoms with Crippen LogP contribution in [0.1, 0.15) is 45.4 Å². The van der Waals surface area contributed by atoms with Crippen LogP contribution < -0.4 is 5.73 Å². The first-order valence-corrected chi connectivity index (χ1v) is 6.32. The zero-order valence-electron chi connectivity index (χ0n) is 9.98. The van der Waals surface area contributed by atoms with Crippen molar-refractivity contribution < 1.29 is 4.79 Å². The highest BCUT2D eigenvalue weighted by molar-refractivity contribution is 6.06. The maximum absolute atomic E-state index is 12.2. The Balaban J connectivity index is 2.00. The van der Waals surface area contributed by atoms with E-state index in [4.69, 9.17) is 5.73 Å². The second-order valence-corrected chi connectivity index (χ2v) is 4.85. The lowest BCUT2D eigenvalue weighted by Gasteiger charge is -2.20. The number of carbonyl (C=O) groups is 1. The molecule has 0 aromatic carbocycles. The van der Waals surface area contributed by atoms with Crippen LogP contribution in [0.3, 0.4) is 0 Å². The third-order valence-corrected chi connectivity index (χ3v) is 3.66. The van der Waals surface area contributed by atoms with Gasteiger partial charge in [-0.05, 0) is 39.2 Å². The molecule has 1 atom stereocenters. The number of nitrogens with zero attached hydrogens (tertiary/aromatic N) is 2. The number of hydrazone groups is 1. The molecule has 0 radical (unpaired) electrons. The molecule has 90 valence electrons. The van der Waals surface area contributed by atoms with Gasteiger partial charge < -0.3 is 5.73 Å². The highest BCUT2D eigenvalue weighted by Crippen LogP contribution is 2.29. The lowest BCUT2D eigenvalue weighted by Crippen LogP contribution is -2.34. The lowest BCUT2D eigenvalue weighted by atomic mass is 9.98. The maximum atomic E-state index is 12.2. The number of hydrogen-bond acceptors (Lipinski definition) is 3. The maximum Gasteiger partial charge on any atom is 0.251 e. The Kier molecular flexibility index (Phi) is 3.59. The van der Waals surface area contributed by atoms with Gasteiger partial charge in [0, 0.05) is 5.71 Å². The van der Waals surface area contributed by atoms with Gasteiger partial charge in [-0.3, -0.25) is 4.79 Å². The fourth-order valence-electron chi connectivity index (χ4n) is 2.69. The minimum absolute atomic E-state index is 0.00384. The molecule has 1 unspecified atom stereocenters. The monoisotopic (exact) mass is 223 g/mol. The molecule has 1 amide bonds. The molecule has 1 saturated carbocycles. The van der Waals surface area contributed by atoms with Crippen molar-refractivity contribution in [2.45, 2.75) is 51.5 Å². The van der Waals surface area contributed by atoms with E-state index in [0.717, 1.165) is 31.4 Å². The smallest absolute Gasteiger partial charge is 0.251 e. The quantitative estimate of drug-likeness (QED) is 0.785. The van der Waals surface area contributed by atoms with E-state index in [1.165, 1.54) is 12.8 Å². The molecule has 4 heteroatoms. The molecule has 0 aromatic heterocycles. The van der Waals surface area contributed by atoms with Crippen molar-refractivity contribution in [2.24, 2.45) is 16.8 Å². The summed E-state index contributed by atoms with van der Waals surface area (Å²) in [5.74, 6) is 0.210. The minimum atomic E-state index is 0.00384. The van der Waals surface area contributed by atoms with Crippen molar-refractivity contribution >= 4 is 11.6 Å². The van der Waals surface area contributed by atoms with Gasteiger partial charge in [-0.25, -0.2) is 5.01 Å². The predicted molar refractivity (Wildman–Crippen MR) is 64.0 cm³/mol. The van der Waals surface area contributed by atoms with Gasteiger partial charge in [0.1, 0.15) is 0 Å². The van der Waals surface area contributed by atoms with E-state index in [1.54, 1.807) is 5.01 Å². The van der Waals surface area contributed by atoms with Crippen molar-refractivity contribution in [1.82, 2.24) is 5.01 Å². The van der Waals surface area contributed by atoms with Crippen molar-refractivity contribution in [3.05, 3.63) is 0 Å². The van der Waals surface area contributed by atoms with Crippen LogP contribution in [0.2, 0.25) is 0 Å². The van der Waals surface area contributed by atoms with Gasteiger partial charge in [0.2, 0.25) is 0 Å². The van der Waals surface area contributed by atoms with Crippen LogP contribution in [0.4, 0.5) is 0 Å². The van der Waals surface area contributed by atoms with E-state index in [2.05, 4.69) is 5.10 Å². The average molecular weight is 223 g/mol. The van der Waals surface area contributed by atoms with Crippen LogP contribution in [-0.4, -0.2) is 29.2 Å². The number of carbonyl (C=O) groups excluding carboxylic acids is 1. The standard InChI is InChI=1S/C12H21N3O/c1-9-11(7-4-8-13)12(16)15(14-9)10-5-2-3-6-10/h10-11H,2-8,13H2,1H3. The summed E-state index contributed by atoms with van der Waals surface area (Å²) >= 11 is 0. The van der Waals surface area contributed by atoms with Crippen molar-refractivity contribution in [3.8, 4) is 0 Å². The summed E-state index contributed by atoms with van der Waals surface area (Å²) < 4.78 is 0. The fourth-order valence-corrected chi connectivity index (χ4v) is 2.69. The third-order valence-electron chi connectivity index (χ3n) is 3.66. The van der Waals surface area contributed by atoms with Gasteiger partial charge >= 0.3 is 0 Å². The van der Waals surface area contributed by atoms with E-state index < -0.39 is 0 Å². The number of nitrogens with two attached hydrogens (primary N) is 1. The first kappa shape index (κ1) is 11.6. The van der Waals surface area contributed by atoms with Crippen LogP contribution >= 0.6 is 0 Å². The summed E-state index contributed by atoms with van der Waals surface area (Å²) in [4.78, 5) is 12.2. The lowest BCUT2D eigenvalue weighted by molar-refractivity contribution is -0.134. The number of rotatable bonds is 4. The third kappa shape index (κ3) is 2.12. The highest BCUT2D eigenvalue weighted by atomic mass is 16.2. The Labute approximate surface area is 96.9 Å². The Hall–Kier alpha value is -0.900. The minimum Gasteiger partial charge on any atom is -0.330 e. The second kappa shape index (κ2) is 4.95. The molecule has 4 nitrogen and oxygen atoms in total. The van der Waals surface area contributed by atoms with Gasteiger partial charge in [0.15, 0.2) is 0 Å². The molecular weight excluding hydrogens is 202 g/mol. The molecular formula is C12H21N3O. The van der Waals surface area contributed by atoms with Gasteiger partial charge in [-0.1, -0.05) is 12.8 Å². The average Bonchev–Trinajstić information content (AvgIpc) is 2.86. The van der Waals surface area contributed by atoms with Crippen LogP contribution in [-0.2, 0) is 4.79 Å². The Morgan fingerprint density at radius 3 is 2.75 bits per heavy atom. The molecule has 2 aliphatic rings. The number of hydrogen-bond donors (Lipinski definition) is 1. The van der Waals surface area contributed by atoms with E-state index >= 15 is 0 Å². The summed E-state index contributed by atoms with van der Waals surface area (Å²) in [5, 5.41) is 6.20. The van der Waals surface area contributed by atoms with Gasteiger partial charge in [-0.15, -0.1) is 0 Å². The van der Waals surface area contributed by atoms with Crippen LogP contribution in [0.15, 0.2) is 5.10 Å². The summed E-state index contributed by atoms with van der Waals surface area (Å²) in [6.45, 7) is 2.62. The SMILES string of the molecule is CC1=NN(C2CCCC2)C(=O)C1CCCN. The molecule has 0 aromatic rings. The summed E-state index contributed by atoms with van der Waals surface area (Å²) in [5.41, 5.74) is 6.47. The molecule has 2 N–H and O–H groups in total. The molecule has 1 aliphatic carbocycles. The molecule has 1 fully saturated rings. The molecule has 16 heavy (non-hydrogen) atoms. The molecule has 0 saturated heterocycles. The van der Waals surface area contributed by atoms with Crippen LogP contribution in [0.25, 0.3) is 0 Å². The van der Waals surface area contributed by atoms with Crippen molar-refractivity contribution in [2.75, 3.05) is 6.54 Å². The zero-order valence-corrected chi connectivity index (χ0v) is 9.98. The van der Waals surface area contributed by atoms with Gasteiger partial charge in [-0.2, -0.15) is 5.10 Å². The topological polar surface area (TPSA) is 58.7 Å². The van der Waals surface area contributed by atoms with Crippen molar-refractivity contribution in [1.29, 1.82) is 0 Å². The normalized spacial score (nSPS) is 26.6. The first-order chi connectivity index (χ1) is 7.74. The molecule has 1 aliphatic heterocycles. The zero-order chi connectivity index (χ0) is 11.5. The van der Waals surface area contributed by atoms with E-state index in [0.29, 0.717) is 12.6 Å². The molecule has 2 rings (SSSR count). The Bertz CT molecular complexity index is 295. The molecule has 0 bridgehead atoms. The Morgan fingerprint density at radius 2 is 2.12 bits per heavy atom.